The van der Waals surface area contributed by atoms with Crippen LogP contribution in [0.15, 0.2) is 0 Å². The first-order valence-corrected chi connectivity index (χ1v) is 10.8. The zero-order chi connectivity index (χ0) is 15.2. The Hall–Kier alpha value is 0. The van der Waals surface area contributed by atoms with E-state index in [1.165, 1.54) is 89.9 Å². The lowest BCUT2D eigenvalue weighted by molar-refractivity contribution is 0.162. The average Bonchev–Trinajstić information content (AvgIpc) is 2.62. The molecular weight excluding hydrogens is 264 g/mol. The zero-order valence-electron chi connectivity index (χ0n) is 15.1. The summed E-state index contributed by atoms with van der Waals surface area (Å²) in [5, 5.41) is 0. The third kappa shape index (κ3) is 4.09. The van der Waals surface area contributed by atoms with E-state index >= 15 is 0 Å². The molecule has 22 heavy (non-hydrogen) atoms. The van der Waals surface area contributed by atoms with Crippen molar-refractivity contribution in [1.29, 1.82) is 0 Å². The second kappa shape index (κ2) is 8.74. The third-order valence-corrected chi connectivity index (χ3v) is 7.24. The van der Waals surface area contributed by atoms with Crippen molar-refractivity contribution in [2.75, 3.05) is 0 Å². The van der Waals surface area contributed by atoms with Crippen molar-refractivity contribution in [3.05, 3.63) is 5.92 Å². The lowest BCUT2D eigenvalue weighted by atomic mass is 9.60. The highest BCUT2D eigenvalue weighted by Crippen LogP contribution is 2.50. The third-order valence-electron chi connectivity index (χ3n) is 7.24. The first kappa shape index (κ1) is 16.8. The molecule has 0 aromatic rings. The van der Waals surface area contributed by atoms with Crippen LogP contribution in [0.5, 0.6) is 0 Å². The van der Waals surface area contributed by atoms with E-state index in [4.69, 9.17) is 0 Å². The molecule has 1 radical (unpaired) electrons. The van der Waals surface area contributed by atoms with Gasteiger partial charge < -0.3 is 0 Å². The Kier molecular flexibility index (Phi) is 6.69. The molecule has 3 saturated carbocycles. The van der Waals surface area contributed by atoms with Crippen LogP contribution in [-0.4, -0.2) is 0 Å². The average molecular weight is 304 g/mol. The highest BCUT2D eigenvalue weighted by Gasteiger charge is 2.39. The molecule has 0 amide bonds. The van der Waals surface area contributed by atoms with E-state index < -0.39 is 0 Å². The smallest absolute Gasteiger partial charge is 0.0146 e. The highest BCUT2D eigenvalue weighted by molar-refractivity contribution is 5.09. The SMILES string of the molecule is CCC([C](C1CCCCC1)C1CCCCC1)C1CCCCC1. The van der Waals surface area contributed by atoms with Gasteiger partial charge in [-0.2, -0.15) is 0 Å². The standard InChI is InChI=1S/C22H39/c1-2-21(18-12-6-3-7-13-18)22(19-14-8-4-9-15-19)20-16-10-5-11-17-20/h18-21H,2-17H2,1H3. The van der Waals surface area contributed by atoms with E-state index in [0.29, 0.717) is 0 Å². The molecule has 3 aliphatic carbocycles. The van der Waals surface area contributed by atoms with Crippen LogP contribution in [0.25, 0.3) is 0 Å². The second-order valence-electron chi connectivity index (χ2n) is 8.58. The predicted octanol–water partition coefficient (Wildman–Crippen LogP) is 7.33. The normalized spacial score (nSPS) is 28.1. The molecule has 127 valence electrons. The Labute approximate surface area is 139 Å². The predicted molar refractivity (Wildman–Crippen MR) is 96.7 cm³/mol. The fourth-order valence-electron chi connectivity index (χ4n) is 6.19. The molecule has 0 N–H and O–H groups in total. The van der Waals surface area contributed by atoms with Gasteiger partial charge in [0.1, 0.15) is 0 Å². The minimum atomic E-state index is 0.992. The molecule has 0 saturated heterocycles. The summed E-state index contributed by atoms with van der Waals surface area (Å²) in [4.78, 5) is 0. The van der Waals surface area contributed by atoms with Crippen LogP contribution in [0.2, 0.25) is 0 Å². The topological polar surface area (TPSA) is 0 Å². The van der Waals surface area contributed by atoms with Crippen molar-refractivity contribution in [3.8, 4) is 0 Å². The van der Waals surface area contributed by atoms with Crippen LogP contribution < -0.4 is 0 Å². The molecule has 1 unspecified atom stereocenters. The molecule has 3 rings (SSSR count). The number of hydrogen-bond donors (Lipinski definition) is 0. The van der Waals surface area contributed by atoms with Gasteiger partial charge in [-0.1, -0.05) is 84.0 Å². The van der Waals surface area contributed by atoms with Crippen molar-refractivity contribution in [2.24, 2.45) is 23.7 Å². The van der Waals surface area contributed by atoms with Crippen LogP contribution in [-0.2, 0) is 0 Å². The Morgan fingerprint density at radius 1 is 0.636 bits per heavy atom. The van der Waals surface area contributed by atoms with Crippen molar-refractivity contribution in [1.82, 2.24) is 0 Å². The maximum absolute atomic E-state index is 2.50. The summed E-state index contributed by atoms with van der Waals surface area (Å²) in [7, 11) is 0. The lowest BCUT2D eigenvalue weighted by Crippen LogP contribution is -2.35. The quantitative estimate of drug-likeness (QED) is 0.499. The monoisotopic (exact) mass is 303 g/mol. The van der Waals surface area contributed by atoms with E-state index in [2.05, 4.69) is 12.8 Å². The Bertz CT molecular complexity index is 271. The minimum absolute atomic E-state index is 0.992. The van der Waals surface area contributed by atoms with Gasteiger partial charge in [-0.3, -0.25) is 0 Å². The van der Waals surface area contributed by atoms with Crippen LogP contribution >= 0.6 is 0 Å². The van der Waals surface area contributed by atoms with Gasteiger partial charge in [0, 0.05) is 0 Å². The summed E-state index contributed by atoms with van der Waals surface area (Å²) in [6.07, 6.45) is 24.3. The van der Waals surface area contributed by atoms with E-state index in [0.717, 1.165) is 23.7 Å². The molecule has 1 atom stereocenters. The first-order valence-electron chi connectivity index (χ1n) is 10.8. The highest BCUT2D eigenvalue weighted by atomic mass is 14.4. The molecule has 0 nitrogen and oxygen atoms in total. The van der Waals surface area contributed by atoms with Gasteiger partial charge in [-0.15, -0.1) is 0 Å². The number of hydrogen-bond acceptors (Lipinski definition) is 0. The van der Waals surface area contributed by atoms with Crippen LogP contribution in [0, 0.1) is 29.6 Å². The Morgan fingerprint density at radius 3 is 1.45 bits per heavy atom. The molecule has 0 aromatic heterocycles. The van der Waals surface area contributed by atoms with E-state index in [1.54, 1.807) is 12.8 Å². The first-order chi connectivity index (χ1) is 10.9. The second-order valence-corrected chi connectivity index (χ2v) is 8.58. The van der Waals surface area contributed by atoms with Gasteiger partial charge in [-0.05, 0) is 55.3 Å². The van der Waals surface area contributed by atoms with E-state index in [1.807, 2.05) is 0 Å². The van der Waals surface area contributed by atoms with Gasteiger partial charge >= 0.3 is 0 Å². The van der Waals surface area contributed by atoms with E-state index in [-0.39, 0.29) is 0 Å². The maximum atomic E-state index is 2.50. The molecule has 0 aromatic carbocycles. The summed E-state index contributed by atoms with van der Waals surface area (Å²) in [6.45, 7) is 2.50. The van der Waals surface area contributed by atoms with Gasteiger partial charge in [0.2, 0.25) is 0 Å². The van der Waals surface area contributed by atoms with Crippen molar-refractivity contribution in [2.45, 2.75) is 110 Å². The van der Waals surface area contributed by atoms with Gasteiger partial charge in [0.25, 0.3) is 0 Å². The number of rotatable bonds is 5. The molecular formula is C22H39. The van der Waals surface area contributed by atoms with Crippen molar-refractivity contribution >= 4 is 0 Å². The van der Waals surface area contributed by atoms with Gasteiger partial charge in [0.05, 0.1) is 0 Å². The van der Waals surface area contributed by atoms with Crippen LogP contribution in [0.4, 0.5) is 0 Å². The summed E-state index contributed by atoms with van der Waals surface area (Å²) < 4.78 is 0. The van der Waals surface area contributed by atoms with Crippen molar-refractivity contribution in [3.63, 3.8) is 0 Å². The van der Waals surface area contributed by atoms with Gasteiger partial charge in [0.15, 0.2) is 0 Å². The van der Waals surface area contributed by atoms with Gasteiger partial charge in [-0.25, -0.2) is 0 Å². The molecule has 0 bridgehead atoms. The van der Waals surface area contributed by atoms with Crippen LogP contribution in [0.1, 0.15) is 110 Å². The molecule has 0 heteroatoms. The summed E-state index contributed by atoms with van der Waals surface area (Å²) >= 11 is 0. The molecule has 0 spiro atoms. The van der Waals surface area contributed by atoms with Crippen molar-refractivity contribution < 1.29 is 0 Å². The Balaban J connectivity index is 1.74. The zero-order valence-corrected chi connectivity index (χ0v) is 15.1. The summed E-state index contributed by atoms with van der Waals surface area (Å²) in [5.74, 6) is 6.20. The summed E-state index contributed by atoms with van der Waals surface area (Å²) in [6, 6.07) is 0. The van der Waals surface area contributed by atoms with E-state index in [9.17, 15) is 0 Å². The fraction of sp³-hybridized carbons (Fsp3) is 0.955. The summed E-state index contributed by atoms with van der Waals surface area (Å²) in [5.41, 5.74) is 0. The molecule has 3 aliphatic rings. The largest absolute Gasteiger partial charge is 0.0651 e. The minimum Gasteiger partial charge on any atom is -0.0651 e. The molecule has 0 aliphatic heterocycles. The lowest BCUT2D eigenvalue weighted by Gasteiger charge is -2.45. The molecule has 3 fully saturated rings. The molecule has 0 heterocycles. The Morgan fingerprint density at radius 2 is 1.05 bits per heavy atom. The maximum Gasteiger partial charge on any atom is -0.0146 e. The van der Waals surface area contributed by atoms with Crippen LogP contribution in [0.3, 0.4) is 0 Å². The fourth-order valence-corrected chi connectivity index (χ4v) is 6.19.